The van der Waals surface area contributed by atoms with E-state index in [2.05, 4.69) is 30.1 Å². The molecule has 0 bridgehead atoms. The van der Waals surface area contributed by atoms with E-state index < -0.39 is 0 Å². The van der Waals surface area contributed by atoms with Gasteiger partial charge in [-0.25, -0.2) is 9.97 Å². The van der Waals surface area contributed by atoms with Gasteiger partial charge in [0.2, 0.25) is 11.7 Å². The first-order valence-corrected chi connectivity index (χ1v) is 10.5. The summed E-state index contributed by atoms with van der Waals surface area (Å²) in [5.41, 5.74) is 2.88. The van der Waals surface area contributed by atoms with Crippen LogP contribution in [0.4, 0.5) is 5.69 Å². The fourth-order valence-electron chi connectivity index (χ4n) is 4.31. The number of imidazole rings is 1. The van der Waals surface area contributed by atoms with Crippen LogP contribution in [0, 0.1) is 0 Å². The lowest BCUT2D eigenvalue weighted by atomic mass is 10.1. The highest BCUT2D eigenvalue weighted by Crippen LogP contribution is 2.34. The highest BCUT2D eigenvalue weighted by atomic mass is 16.5. The Morgan fingerprint density at radius 2 is 2.16 bits per heavy atom. The van der Waals surface area contributed by atoms with Crippen LogP contribution in [0.15, 0.2) is 29.3 Å². The van der Waals surface area contributed by atoms with Gasteiger partial charge >= 0.3 is 0 Å². The average molecular weight is 423 g/mol. The number of hydrogen-bond acceptors (Lipinski definition) is 7. The van der Waals surface area contributed by atoms with Crippen molar-refractivity contribution in [3.8, 4) is 5.88 Å². The van der Waals surface area contributed by atoms with E-state index in [1.165, 1.54) is 0 Å². The van der Waals surface area contributed by atoms with Crippen molar-refractivity contribution < 1.29 is 9.53 Å². The number of aryl methyl sites for hydroxylation is 1. The molecule has 0 aliphatic carbocycles. The summed E-state index contributed by atoms with van der Waals surface area (Å²) < 4.78 is 7.78. The van der Waals surface area contributed by atoms with E-state index in [1.54, 1.807) is 13.1 Å². The minimum absolute atomic E-state index is 0.0769. The second-order valence-electron chi connectivity index (χ2n) is 7.92. The third-order valence-corrected chi connectivity index (χ3v) is 5.95. The summed E-state index contributed by atoms with van der Waals surface area (Å²) in [6, 6.07) is 3.86. The van der Waals surface area contributed by atoms with Gasteiger partial charge in [-0.1, -0.05) is 6.92 Å². The molecular formula is C21H25N7O3. The van der Waals surface area contributed by atoms with Gasteiger partial charge in [0.1, 0.15) is 18.0 Å². The molecule has 0 saturated carbocycles. The van der Waals surface area contributed by atoms with E-state index in [1.807, 2.05) is 29.8 Å². The second-order valence-corrected chi connectivity index (χ2v) is 7.92. The highest BCUT2D eigenvalue weighted by Gasteiger charge is 2.34. The van der Waals surface area contributed by atoms with Crippen molar-refractivity contribution >= 4 is 17.4 Å². The first-order valence-electron chi connectivity index (χ1n) is 10.5. The smallest absolute Gasteiger partial charge is 0.269 e. The molecule has 162 valence electrons. The predicted octanol–water partition coefficient (Wildman–Crippen LogP) is 0.423. The number of ether oxygens (including phenoxy) is 1. The lowest BCUT2D eigenvalue weighted by Crippen LogP contribution is -2.57. The number of nitrogens with zero attached hydrogens (tertiary/aromatic N) is 5. The van der Waals surface area contributed by atoms with E-state index in [9.17, 15) is 9.59 Å². The third-order valence-electron chi connectivity index (χ3n) is 5.95. The number of aromatic amines is 1. The van der Waals surface area contributed by atoms with Gasteiger partial charge in [0.25, 0.3) is 11.5 Å². The molecule has 31 heavy (non-hydrogen) atoms. The van der Waals surface area contributed by atoms with E-state index in [0.29, 0.717) is 36.9 Å². The number of fused-ring (bicyclic) bond motifs is 4. The van der Waals surface area contributed by atoms with Crippen LogP contribution in [0.1, 0.15) is 28.7 Å². The zero-order chi connectivity index (χ0) is 21.5. The lowest BCUT2D eigenvalue weighted by Gasteiger charge is -2.45. The van der Waals surface area contributed by atoms with Crippen molar-refractivity contribution in [1.29, 1.82) is 0 Å². The van der Waals surface area contributed by atoms with Crippen molar-refractivity contribution in [3.05, 3.63) is 51.8 Å². The summed E-state index contributed by atoms with van der Waals surface area (Å²) >= 11 is 0. The van der Waals surface area contributed by atoms with E-state index in [4.69, 9.17) is 4.74 Å². The molecule has 1 amide bonds. The van der Waals surface area contributed by atoms with Crippen LogP contribution in [0.2, 0.25) is 0 Å². The second kappa shape index (κ2) is 7.69. The number of hydrogen-bond donors (Lipinski definition) is 2. The van der Waals surface area contributed by atoms with E-state index >= 15 is 0 Å². The summed E-state index contributed by atoms with van der Waals surface area (Å²) in [6.07, 6.45) is 4.52. The van der Waals surface area contributed by atoms with Gasteiger partial charge in [0, 0.05) is 51.2 Å². The third kappa shape index (κ3) is 3.52. The topological polar surface area (TPSA) is 108 Å². The van der Waals surface area contributed by atoms with Crippen LogP contribution >= 0.6 is 0 Å². The zero-order valence-corrected chi connectivity index (χ0v) is 17.6. The molecule has 0 aromatic carbocycles. The Morgan fingerprint density at radius 1 is 1.29 bits per heavy atom. The summed E-state index contributed by atoms with van der Waals surface area (Å²) in [5.74, 6) is 0.865. The van der Waals surface area contributed by atoms with Gasteiger partial charge in [0.05, 0.1) is 11.7 Å². The maximum absolute atomic E-state index is 12.0. The summed E-state index contributed by atoms with van der Waals surface area (Å²) in [5, 5.41) is 2.59. The maximum atomic E-state index is 12.0. The molecule has 1 atom stereocenters. The minimum atomic E-state index is -0.224. The van der Waals surface area contributed by atoms with Gasteiger partial charge in [-0.05, 0) is 18.6 Å². The van der Waals surface area contributed by atoms with Crippen LogP contribution in [0.25, 0.3) is 5.78 Å². The number of amides is 1. The highest BCUT2D eigenvalue weighted by molar-refractivity contribution is 5.92. The Balaban J connectivity index is 1.30. The number of piperazine rings is 1. The Hall–Kier alpha value is -3.40. The summed E-state index contributed by atoms with van der Waals surface area (Å²) in [7, 11) is 1.59. The van der Waals surface area contributed by atoms with Crippen molar-refractivity contribution in [3.63, 3.8) is 0 Å². The molecule has 3 aromatic heterocycles. The monoisotopic (exact) mass is 423 g/mol. The summed E-state index contributed by atoms with van der Waals surface area (Å²) in [6.45, 7) is 5.74. The molecule has 2 N–H and O–H groups in total. The van der Waals surface area contributed by atoms with Gasteiger partial charge in [-0.2, -0.15) is 0 Å². The van der Waals surface area contributed by atoms with Crippen molar-refractivity contribution in [2.45, 2.75) is 25.9 Å². The molecule has 1 fully saturated rings. The molecule has 10 heteroatoms. The number of nitrogens with one attached hydrogen (secondary N) is 2. The van der Waals surface area contributed by atoms with Crippen molar-refractivity contribution in [1.82, 2.24) is 29.6 Å². The molecule has 0 radical (unpaired) electrons. The van der Waals surface area contributed by atoms with Crippen molar-refractivity contribution in [2.75, 3.05) is 38.2 Å². The fraction of sp³-hybridized carbons (Fsp3) is 0.429. The first-order chi connectivity index (χ1) is 15.1. The summed E-state index contributed by atoms with van der Waals surface area (Å²) in [4.78, 5) is 40.4. The normalized spacial score (nSPS) is 18.4. The first kappa shape index (κ1) is 19.6. The van der Waals surface area contributed by atoms with Crippen LogP contribution in [-0.4, -0.2) is 69.5 Å². The van der Waals surface area contributed by atoms with Gasteiger partial charge in [0.15, 0.2) is 0 Å². The maximum Gasteiger partial charge on any atom is 0.269 e. The number of carbonyl (C=O) groups is 1. The number of carbonyl (C=O) groups excluding carboxylic acids is 1. The SMILES string of the molecule is CCc1cn2cc(CN3CCN4c5ccc(C(=O)NC)nc5OCC4C3)nc2[nH]c1=O. The quantitative estimate of drug-likeness (QED) is 0.626. The molecule has 10 nitrogen and oxygen atoms in total. The number of aromatic nitrogens is 4. The number of rotatable bonds is 4. The van der Waals surface area contributed by atoms with Crippen LogP contribution < -0.4 is 20.5 Å². The molecule has 3 aromatic rings. The number of anilines is 1. The van der Waals surface area contributed by atoms with Crippen molar-refractivity contribution in [2.24, 2.45) is 0 Å². The average Bonchev–Trinajstić information content (AvgIpc) is 3.17. The van der Waals surface area contributed by atoms with Gasteiger partial charge in [-0.15, -0.1) is 0 Å². The van der Waals surface area contributed by atoms with Crippen LogP contribution in [-0.2, 0) is 13.0 Å². The molecule has 2 aliphatic rings. The molecule has 5 heterocycles. The Labute approximate surface area is 178 Å². The zero-order valence-electron chi connectivity index (χ0n) is 17.6. The largest absolute Gasteiger partial charge is 0.474 e. The Bertz CT molecular complexity index is 1200. The number of H-pyrrole nitrogens is 1. The minimum Gasteiger partial charge on any atom is -0.474 e. The molecule has 2 aliphatic heterocycles. The molecular weight excluding hydrogens is 398 g/mol. The lowest BCUT2D eigenvalue weighted by molar-refractivity contribution is 0.0956. The Morgan fingerprint density at radius 3 is 2.97 bits per heavy atom. The van der Waals surface area contributed by atoms with Crippen LogP contribution in [0.5, 0.6) is 5.88 Å². The predicted molar refractivity (Wildman–Crippen MR) is 115 cm³/mol. The molecule has 5 rings (SSSR count). The van der Waals surface area contributed by atoms with Gasteiger partial charge in [-0.3, -0.25) is 23.9 Å². The van der Waals surface area contributed by atoms with Crippen LogP contribution in [0.3, 0.4) is 0 Å². The molecule has 0 spiro atoms. The standard InChI is InChI=1S/C21H25N7O3/c1-3-13-8-27-10-14(23-21(27)25-18(13)29)9-26-6-7-28-15(11-26)12-31-20-17(28)5-4-16(24-20)19(30)22-2/h4-5,8,10,15H,3,6-7,9,11-12H2,1-2H3,(H,22,30)(H,23,25,29). The number of pyridine rings is 1. The van der Waals surface area contributed by atoms with E-state index in [0.717, 1.165) is 36.6 Å². The fourth-order valence-corrected chi connectivity index (χ4v) is 4.31. The molecule has 1 unspecified atom stereocenters. The van der Waals surface area contributed by atoms with E-state index in [-0.39, 0.29) is 17.5 Å². The van der Waals surface area contributed by atoms with Gasteiger partial charge < -0.3 is 15.0 Å². The molecule has 1 saturated heterocycles. The Kier molecular flexibility index (Phi) is 4.85.